The highest BCUT2D eigenvalue weighted by molar-refractivity contribution is 7.89. The van der Waals surface area contributed by atoms with E-state index in [2.05, 4.69) is 4.98 Å². The summed E-state index contributed by atoms with van der Waals surface area (Å²) in [7, 11) is -2.06. The molecule has 0 fully saturated rings. The SMILES string of the molecule is Cc1ccc(CO)cc1S(=O)(=O)N(C)Cc1cscn1. The van der Waals surface area contributed by atoms with Crippen molar-refractivity contribution in [2.75, 3.05) is 7.05 Å². The van der Waals surface area contributed by atoms with Gasteiger partial charge in [0.1, 0.15) is 0 Å². The van der Waals surface area contributed by atoms with Gasteiger partial charge in [0.15, 0.2) is 0 Å². The summed E-state index contributed by atoms with van der Waals surface area (Å²) >= 11 is 1.43. The molecule has 1 heterocycles. The second-order valence-corrected chi connectivity index (χ2v) is 7.23. The van der Waals surface area contributed by atoms with E-state index in [9.17, 15) is 8.42 Å². The van der Waals surface area contributed by atoms with Gasteiger partial charge in [0.25, 0.3) is 0 Å². The van der Waals surface area contributed by atoms with Crippen LogP contribution in [-0.2, 0) is 23.2 Å². The van der Waals surface area contributed by atoms with E-state index < -0.39 is 10.0 Å². The quantitative estimate of drug-likeness (QED) is 0.913. The predicted octanol–water partition coefficient (Wildman–Crippen LogP) is 1.76. The van der Waals surface area contributed by atoms with Crippen molar-refractivity contribution in [2.24, 2.45) is 0 Å². The second-order valence-electron chi connectivity index (χ2n) is 4.50. The Hall–Kier alpha value is -1.28. The number of hydrogen-bond acceptors (Lipinski definition) is 5. The van der Waals surface area contributed by atoms with Crippen LogP contribution in [0.25, 0.3) is 0 Å². The molecule has 20 heavy (non-hydrogen) atoms. The van der Waals surface area contributed by atoms with Crippen molar-refractivity contribution in [3.63, 3.8) is 0 Å². The third kappa shape index (κ3) is 3.06. The molecule has 0 bridgehead atoms. The first-order valence-corrected chi connectivity index (χ1v) is 8.37. The smallest absolute Gasteiger partial charge is 0.243 e. The molecule has 0 aliphatic heterocycles. The van der Waals surface area contributed by atoms with Crippen LogP contribution in [0.5, 0.6) is 0 Å². The van der Waals surface area contributed by atoms with E-state index in [-0.39, 0.29) is 18.0 Å². The number of benzene rings is 1. The molecule has 1 aromatic carbocycles. The molecule has 0 saturated heterocycles. The maximum atomic E-state index is 12.6. The van der Waals surface area contributed by atoms with E-state index >= 15 is 0 Å². The van der Waals surface area contributed by atoms with Crippen LogP contribution >= 0.6 is 11.3 Å². The Balaban J connectivity index is 2.34. The molecule has 0 aliphatic carbocycles. The van der Waals surface area contributed by atoms with Crippen LogP contribution in [-0.4, -0.2) is 29.9 Å². The molecule has 0 atom stereocenters. The molecule has 0 aliphatic rings. The average molecular weight is 312 g/mol. The van der Waals surface area contributed by atoms with Gasteiger partial charge in [-0.15, -0.1) is 11.3 Å². The zero-order valence-corrected chi connectivity index (χ0v) is 12.9. The monoisotopic (exact) mass is 312 g/mol. The summed E-state index contributed by atoms with van der Waals surface area (Å²) < 4.78 is 26.4. The van der Waals surface area contributed by atoms with Crippen molar-refractivity contribution in [3.8, 4) is 0 Å². The van der Waals surface area contributed by atoms with Gasteiger partial charge in [0.05, 0.1) is 29.3 Å². The molecule has 1 N–H and O–H groups in total. The first-order valence-electron chi connectivity index (χ1n) is 5.99. The van der Waals surface area contributed by atoms with Crippen LogP contribution < -0.4 is 0 Å². The van der Waals surface area contributed by atoms with E-state index in [1.54, 1.807) is 24.6 Å². The summed E-state index contributed by atoms with van der Waals surface area (Å²) in [5, 5.41) is 11.0. The van der Waals surface area contributed by atoms with Gasteiger partial charge in [-0.05, 0) is 24.1 Å². The van der Waals surface area contributed by atoms with Gasteiger partial charge in [-0.1, -0.05) is 12.1 Å². The van der Waals surface area contributed by atoms with Crippen LogP contribution in [0.1, 0.15) is 16.8 Å². The molecule has 5 nitrogen and oxygen atoms in total. The van der Waals surface area contributed by atoms with E-state index in [0.717, 1.165) is 5.69 Å². The third-order valence-electron chi connectivity index (χ3n) is 2.99. The minimum atomic E-state index is -3.59. The van der Waals surface area contributed by atoms with Crippen molar-refractivity contribution in [2.45, 2.75) is 25.0 Å². The van der Waals surface area contributed by atoms with E-state index in [1.165, 1.54) is 28.8 Å². The molecule has 2 aromatic rings. The second kappa shape index (κ2) is 6.01. The Morgan fingerprint density at radius 1 is 1.40 bits per heavy atom. The normalized spacial score (nSPS) is 12.0. The molecule has 7 heteroatoms. The molecule has 1 aromatic heterocycles. The summed E-state index contributed by atoms with van der Waals surface area (Å²) in [5.74, 6) is 0. The van der Waals surface area contributed by atoms with Crippen LogP contribution in [0.3, 0.4) is 0 Å². The zero-order chi connectivity index (χ0) is 14.8. The number of hydrogen-bond donors (Lipinski definition) is 1. The van der Waals surface area contributed by atoms with Crippen molar-refractivity contribution >= 4 is 21.4 Å². The average Bonchev–Trinajstić information content (AvgIpc) is 2.92. The fourth-order valence-corrected chi connectivity index (χ4v) is 3.78. The fraction of sp³-hybridized carbons (Fsp3) is 0.308. The van der Waals surface area contributed by atoms with Crippen LogP contribution in [0.2, 0.25) is 0 Å². The summed E-state index contributed by atoms with van der Waals surface area (Å²) in [6.07, 6.45) is 0. The minimum absolute atomic E-state index is 0.182. The molecule has 0 unspecified atom stereocenters. The topological polar surface area (TPSA) is 70.5 Å². The lowest BCUT2D eigenvalue weighted by atomic mass is 10.2. The Morgan fingerprint density at radius 2 is 2.15 bits per heavy atom. The maximum absolute atomic E-state index is 12.6. The minimum Gasteiger partial charge on any atom is -0.392 e. The highest BCUT2D eigenvalue weighted by Crippen LogP contribution is 2.22. The molecule has 2 rings (SSSR count). The standard InChI is InChI=1S/C13H16N2O3S2/c1-10-3-4-11(7-16)5-13(10)20(17,18)15(2)6-12-8-19-9-14-12/h3-5,8-9,16H,6-7H2,1-2H3. The Kier molecular flexibility index (Phi) is 4.54. The van der Waals surface area contributed by atoms with Crippen molar-refractivity contribution in [1.29, 1.82) is 0 Å². The van der Waals surface area contributed by atoms with Crippen LogP contribution in [0.15, 0.2) is 34.0 Å². The van der Waals surface area contributed by atoms with Gasteiger partial charge in [-0.2, -0.15) is 4.31 Å². The van der Waals surface area contributed by atoms with Gasteiger partial charge in [-0.3, -0.25) is 0 Å². The molecular weight excluding hydrogens is 296 g/mol. The highest BCUT2D eigenvalue weighted by Gasteiger charge is 2.23. The third-order valence-corrected chi connectivity index (χ3v) is 5.57. The van der Waals surface area contributed by atoms with Gasteiger partial charge in [0.2, 0.25) is 10.0 Å². The molecular formula is C13H16N2O3S2. The number of nitrogens with zero attached hydrogens (tertiary/aromatic N) is 2. The van der Waals surface area contributed by atoms with Crippen molar-refractivity contribution < 1.29 is 13.5 Å². The Morgan fingerprint density at radius 3 is 2.75 bits per heavy atom. The number of sulfonamides is 1. The summed E-state index contributed by atoms with van der Waals surface area (Å²) in [6.45, 7) is 1.79. The molecule has 0 amide bonds. The first-order chi connectivity index (χ1) is 9.45. The summed E-state index contributed by atoms with van der Waals surface area (Å²) in [6, 6.07) is 4.94. The molecule has 108 valence electrons. The number of aromatic nitrogens is 1. The van der Waals surface area contributed by atoms with Crippen LogP contribution in [0.4, 0.5) is 0 Å². The lowest BCUT2D eigenvalue weighted by molar-refractivity contribution is 0.281. The van der Waals surface area contributed by atoms with Gasteiger partial charge in [0, 0.05) is 12.4 Å². The Labute approximate surface area is 122 Å². The maximum Gasteiger partial charge on any atom is 0.243 e. The van der Waals surface area contributed by atoms with Crippen molar-refractivity contribution in [3.05, 3.63) is 45.9 Å². The number of rotatable bonds is 5. The van der Waals surface area contributed by atoms with E-state index in [4.69, 9.17) is 5.11 Å². The van der Waals surface area contributed by atoms with Crippen LogP contribution in [0, 0.1) is 6.92 Å². The molecule has 0 spiro atoms. The van der Waals surface area contributed by atoms with Gasteiger partial charge < -0.3 is 5.11 Å². The predicted molar refractivity (Wildman–Crippen MR) is 77.9 cm³/mol. The number of aliphatic hydroxyl groups is 1. The number of thiazole rings is 1. The van der Waals surface area contributed by atoms with E-state index in [0.29, 0.717) is 11.1 Å². The van der Waals surface area contributed by atoms with Gasteiger partial charge >= 0.3 is 0 Å². The molecule has 0 radical (unpaired) electrons. The van der Waals surface area contributed by atoms with E-state index in [1.807, 2.05) is 5.38 Å². The molecule has 0 saturated carbocycles. The first kappa shape index (κ1) is 15.1. The lowest BCUT2D eigenvalue weighted by Gasteiger charge is -2.18. The summed E-state index contributed by atoms with van der Waals surface area (Å²) in [4.78, 5) is 4.32. The number of aryl methyl sites for hydroxylation is 1. The van der Waals surface area contributed by atoms with Gasteiger partial charge in [-0.25, -0.2) is 13.4 Å². The lowest BCUT2D eigenvalue weighted by Crippen LogP contribution is -2.27. The fourth-order valence-electron chi connectivity index (χ4n) is 1.82. The van der Waals surface area contributed by atoms with Crippen molar-refractivity contribution in [1.82, 2.24) is 9.29 Å². The number of aliphatic hydroxyl groups excluding tert-OH is 1. The summed E-state index contributed by atoms with van der Waals surface area (Å²) in [5.41, 5.74) is 3.63. The largest absolute Gasteiger partial charge is 0.392 e. The Bertz CT molecular complexity index is 682. The highest BCUT2D eigenvalue weighted by atomic mass is 32.2. The zero-order valence-electron chi connectivity index (χ0n) is 11.3.